The van der Waals surface area contributed by atoms with Gasteiger partial charge < -0.3 is 10.6 Å². The molecule has 1 amide bonds. The highest BCUT2D eigenvalue weighted by Gasteiger charge is 2.20. The number of nitrogens with zero attached hydrogens (tertiary/aromatic N) is 3. The van der Waals surface area contributed by atoms with E-state index in [0.717, 1.165) is 12.1 Å². The zero-order chi connectivity index (χ0) is 18.4. The molecule has 1 aromatic carbocycles. The van der Waals surface area contributed by atoms with E-state index in [1.54, 1.807) is 17.9 Å². The molecule has 6 heteroatoms. The molecule has 1 aromatic heterocycles. The van der Waals surface area contributed by atoms with Crippen LogP contribution in [0.1, 0.15) is 42.0 Å². The van der Waals surface area contributed by atoms with E-state index in [1.807, 2.05) is 19.3 Å². The maximum absolute atomic E-state index is 12.6. The summed E-state index contributed by atoms with van der Waals surface area (Å²) in [5, 5.41) is 10.3. The number of rotatable bonds is 7. The Balaban J connectivity index is 1.62. The predicted octanol–water partition coefficient (Wildman–Crippen LogP) is 1.98. The third kappa shape index (κ3) is 4.71. The van der Waals surface area contributed by atoms with Crippen molar-refractivity contribution >= 4 is 5.91 Å². The molecule has 2 heterocycles. The van der Waals surface area contributed by atoms with Crippen molar-refractivity contribution in [2.45, 2.75) is 38.4 Å². The minimum absolute atomic E-state index is 0.0340. The summed E-state index contributed by atoms with van der Waals surface area (Å²) in [7, 11) is 3.65. The first-order valence-electron chi connectivity index (χ1n) is 9.40. The van der Waals surface area contributed by atoms with Crippen molar-refractivity contribution in [2.24, 2.45) is 7.05 Å². The molecule has 3 rings (SSSR count). The first kappa shape index (κ1) is 18.6. The van der Waals surface area contributed by atoms with Crippen LogP contribution in [0.25, 0.3) is 0 Å². The van der Waals surface area contributed by atoms with Gasteiger partial charge in [-0.1, -0.05) is 30.7 Å². The third-order valence-corrected chi connectivity index (χ3v) is 5.02. The Morgan fingerprint density at radius 3 is 2.58 bits per heavy atom. The van der Waals surface area contributed by atoms with E-state index in [4.69, 9.17) is 0 Å². The maximum Gasteiger partial charge on any atom is 0.242 e. The number of carbonyl (C=O) groups is 1. The van der Waals surface area contributed by atoms with Gasteiger partial charge in [-0.05, 0) is 44.1 Å². The first-order valence-corrected chi connectivity index (χ1v) is 9.40. The van der Waals surface area contributed by atoms with E-state index in [2.05, 4.69) is 38.8 Å². The largest absolute Gasteiger partial charge is 0.350 e. The molecule has 0 aliphatic carbocycles. The van der Waals surface area contributed by atoms with E-state index >= 15 is 0 Å². The molecule has 1 aliphatic rings. The summed E-state index contributed by atoms with van der Waals surface area (Å²) in [4.78, 5) is 15.1. The van der Waals surface area contributed by atoms with Gasteiger partial charge in [-0.15, -0.1) is 0 Å². The predicted molar refractivity (Wildman–Crippen MR) is 102 cm³/mol. The zero-order valence-electron chi connectivity index (χ0n) is 15.7. The Morgan fingerprint density at radius 2 is 1.92 bits per heavy atom. The van der Waals surface area contributed by atoms with Crippen molar-refractivity contribution < 1.29 is 4.79 Å². The van der Waals surface area contributed by atoms with Crippen molar-refractivity contribution in [3.05, 3.63) is 53.3 Å². The molecule has 1 aliphatic heterocycles. The van der Waals surface area contributed by atoms with Gasteiger partial charge in [0.25, 0.3) is 0 Å². The van der Waals surface area contributed by atoms with Crippen molar-refractivity contribution in [2.75, 3.05) is 20.1 Å². The standard InChI is InChI=1S/C20H29N5O/c1-21-19(18-13-23-24(2)14-18)20(26)22-12-16-8-4-5-9-17(16)15-25-10-6-3-7-11-25/h4-5,8-9,13-14,19,21H,3,6-7,10-12,15H2,1-2H3,(H,22,26). The van der Waals surface area contributed by atoms with Gasteiger partial charge in [0.2, 0.25) is 5.91 Å². The van der Waals surface area contributed by atoms with E-state index < -0.39 is 6.04 Å². The van der Waals surface area contributed by atoms with Crippen molar-refractivity contribution in [3.8, 4) is 0 Å². The summed E-state index contributed by atoms with van der Waals surface area (Å²) in [5.41, 5.74) is 3.36. The Morgan fingerprint density at radius 1 is 1.19 bits per heavy atom. The second-order valence-corrected chi connectivity index (χ2v) is 6.99. The average Bonchev–Trinajstić information content (AvgIpc) is 3.08. The molecule has 2 N–H and O–H groups in total. The highest BCUT2D eigenvalue weighted by atomic mass is 16.2. The number of hydrogen-bond acceptors (Lipinski definition) is 4. The van der Waals surface area contributed by atoms with Crippen molar-refractivity contribution in [3.63, 3.8) is 0 Å². The number of carbonyl (C=O) groups excluding carboxylic acids is 1. The third-order valence-electron chi connectivity index (χ3n) is 5.02. The van der Waals surface area contributed by atoms with Gasteiger partial charge in [0.15, 0.2) is 0 Å². The van der Waals surface area contributed by atoms with E-state index in [9.17, 15) is 4.79 Å². The van der Waals surface area contributed by atoms with Crippen LogP contribution in [-0.4, -0.2) is 40.7 Å². The second kappa shape index (κ2) is 8.96. The summed E-state index contributed by atoms with van der Waals surface area (Å²) >= 11 is 0. The van der Waals surface area contributed by atoms with E-state index in [-0.39, 0.29) is 5.91 Å². The summed E-state index contributed by atoms with van der Waals surface area (Å²) in [6.45, 7) is 3.85. The molecule has 6 nitrogen and oxygen atoms in total. The quantitative estimate of drug-likeness (QED) is 0.797. The molecule has 1 saturated heterocycles. The molecule has 1 unspecified atom stereocenters. The fourth-order valence-corrected chi connectivity index (χ4v) is 3.57. The molecule has 0 bridgehead atoms. The van der Waals surface area contributed by atoms with Gasteiger partial charge in [-0.25, -0.2) is 0 Å². The molecule has 1 atom stereocenters. The molecular formula is C20H29N5O. The van der Waals surface area contributed by atoms with Crippen LogP contribution in [0.3, 0.4) is 0 Å². The minimum Gasteiger partial charge on any atom is -0.350 e. The Hall–Kier alpha value is -2.18. The van der Waals surface area contributed by atoms with Crippen LogP contribution in [-0.2, 0) is 24.9 Å². The number of nitrogens with one attached hydrogen (secondary N) is 2. The lowest BCUT2D eigenvalue weighted by atomic mass is 10.0. The molecule has 2 aromatic rings. The smallest absolute Gasteiger partial charge is 0.242 e. The van der Waals surface area contributed by atoms with Crippen LogP contribution < -0.4 is 10.6 Å². The molecule has 140 valence electrons. The number of benzene rings is 1. The monoisotopic (exact) mass is 355 g/mol. The number of aromatic nitrogens is 2. The Kier molecular flexibility index (Phi) is 6.41. The molecular weight excluding hydrogens is 326 g/mol. The maximum atomic E-state index is 12.6. The fourth-order valence-electron chi connectivity index (χ4n) is 3.57. The normalized spacial score (nSPS) is 16.4. The van der Waals surface area contributed by atoms with Crippen molar-refractivity contribution in [1.82, 2.24) is 25.3 Å². The topological polar surface area (TPSA) is 62.2 Å². The molecule has 1 fully saturated rings. The van der Waals surface area contributed by atoms with Crippen LogP contribution in [0.2, 0.25) is 0 Å². The SMILES string of the molecule is CNC(C(=O)NCc1ccccc1CN1CCCCC1)c1cnn(C)c1. The summed E-state index contributed by atoms with van der Waals surface area (Å²) < 4.78 is 1.71. The Bertz CT molecular complexity index is 720. The number of piperidine rings is 1. The van der Waals surface area contributed by atoms with Gasteiger partial charge in [-0.2, -0.15) is 5.10 Å². The number of hydrogen-bond donors (Lipinski definition) is 2. The molecule has 0 saturated carbocycles. The van der Waals surface area contributed by atoms with Gasteiger partial charge in [0, 0.05) is 31.9 Å². The zero-order valence-corrected chi connectivity index (χ0v) is 15.7. The summed E-state index contributed by atoms with van der Waals surface area (Å²) in [6.07, 6.45) is 7.51. The lowest BCUT2D eigenvalue weighted by Gasteiger charge is -2.27. The Labute approximate surface area is 155 Å². The highest BCUT2D eigenvalue weighted by molar-refractivity contribution is 5.83. The van der Waals surface area contributed by atoms with Crippen LogP contribution in [0, 0.1) is 0 Å². The molecule has 26 heavy (non-hydrogen) atoms. The number of likely N-dealkylation sites (tertiary alicyclic amines) is 1. The molecule has 0 radical (unpaired) electrons. The van der Waals surface area contributed by atoms with Crippen molar-refractivity contribution in [1.29, 1.82) is 0 Å². The summed E-state index contributed by atoms with van der Waals surface area (Å²) in [6, 6.07) is 8.01. The number of amides is 1. The molecule has 0 spiro atoms. The highest BCUT2D eigenvalue weighted by Crippen LogP contribution is 2.17. The minimum atomic E-state index is -0.391. The van der Waals surface area contributed by atoms with Crippen LogP contribution >= 0.6 is 0 Å². The lowest BCUT2D eigenvalue weighted by Crippen LogP contribution is -2.36. The van der Waals surface area contributed by atoms with Gasteiger partial charge in [0.05, 0.1) is 6.20 Å². The van der Waals surface area contributed by atoms with E-state index in [0.29, 0.717) is 6.54 Å². The van der Waals surface area contributed by atoms with Crippen LogP contribution in [0.4, 0.5) is 0 Å². The number of likely N-dealkylation sites (N-methyl/N-ethyl adjacent to an activating group) is 1. The van der Waals surface area contributed by atoms with Gasteiger partial charge in [-0.3, -0.25) is 14.4 Å². The number of aryl methyl sites for hydroxylation is 1. The lowest BCUT2D eigenvalue weighted by molar-refractivity contribution is -0.123. The van der Waals surface area contributed by atoms with Crippen LogP contribution in [0.5, 0.6) is 0 Å². The first-order chi connectivity index (χ1) is 12.7. The van der Waals surface area contributed by atoms with E-state index in [1.165, 1.54) is 43.5 Å². The average molecular weight is 355 g/mol. The fraction of sp³-hybridized carbons (Fsp3) is 0.500. The summed E-state index contributed by atoms with van der Waals surface area (Å²) in [5.74, 6) is -0.0340. The van der Waals surface area contributed by atoms with Gasteiger partial charge in [0.1, 0.15) is 6.04 Å². The van der Waals surface area contributed by atoms with Gasteiger partial charge >= 0.3 is 0 Å². The van der Waals surface area contributed by atoms with Crippen LogP contribution in [0.15, 0.2) is 36.7 Å². The second-order valence-electron chi connectivity index (χ2n) is 6.99.